The lowest BCUT2D eigenvalue weighted by Gasteiger charge is -2.41. The minimum atomic E-state index is -0.0437. The van der Waals surface area contributed by atoms with Crippen molar-refractivity contribution in [1.82, 2.24) is 15.1 Å². The smallest absolute Gasteiger partial charge is 0.253 e. The van der Waals surface area contributed by atoms with E-state index in [4.69, 9.17) is 0 Å². The average molecular weight is 400 g/mol. The second-order valence-corrected chi connectivity index (χ2v) is 8.95. The molecule has 1 aliphatic carbocycles. The Hall–Kier alpha value is -1.88. The number of nitrogens with one attached hydrogen (secondary N) is 1. The highest BCUT2D eigenvalue weighted by atomic mass is 16.2. The van der Waals surface area contributed by atoms with E-state index in [9.17, 15) is 9.59 Å². The number of carbonyl (C=O) groups is 2. The third-order valence-electron chi connectivity index (χ3n) is 6.70. The fourth-order valence-electron chi connectivity index (χ4n) is 4.64. The summed E-state index contributed by atoms with van der Waals surface area (Å²) in [6.45, 7) is 10.0. The Labute approximate surface area is 175 Å². The van der Waals surface area contributed by atoms with Crippen LogP contribution < -0.4 is 5.32 Å². The molecular weight excluding hydrogens is 362 g/mol. The van der Waals surface area contributed by atoms with E-state index >= 15 is 0 Å². The molecule has 2 atom stereocenters. The first-order valence-corrected chi connectivity index (χ1v) is 11.4. The molecule has 2 fully saturated rings. The Bertz CT molecular complexity index is 691. The molecule has 0 bridgehead atoms. The van der Waals surface area contributed by atoms with Gasteiger partial charge in [0.2, 0.25) is 5.91 Å². The largest absolute Gasteiger partial charge is 0.354 e. The Balaban J connectivity index is 1.61. The van der Waals surface area contributed by atoms with E-state index in [-0.39, 0.29) is 17.9 Å². The van der Waals surface area contributed by atoms with Gasteiger partial charge in [0.1, 0.15) is 0 Å². The Morgan fingerprint density at radius 3 is 2.45 bits per heavy atom. The molecule has 3 rings (SSSR count). The van der Waals surface area contributed by atoms with Crippen LogP contribution >= 0.6 is 0 Å². The predicted molar refractivity (Wildman–Crippen MR) is 117 cm³/mol. The second kappa shape index (κ2) is 10.2. The zero-order valence-electron chi connectivity index (χ0n) is 18.3. The van der Waals surface area contributed by atoms with E-state index in [1.54, 1.807) is 0 Å². The molecule has 2 amide bonds. The van der Waals surface area contributed by atoms with Crippen molar-refractivity contribution in [3.63, 3.8) is 0 Å². The first-order valence-electron chi connectivity index (χ1n) is 11.4. The fraction of sp³-hybridized carbons (Fsp3) is 0.667. The molecule has 5 heteroatoms. The molecule has 2 aliphatic rings. The van der Waals surface area contributed by atoms with Crippen LogP contribution in [0.15, 0.2) is 24.3 Å². The monoisotopic (exact) mass is 399 g/mol. The van der Waals surface area contributed by atoms with Crippen molar-refractivity contribution in [3.05, 3.63) is 35.4 Å². The summed E-state index contributed by atoms with van der Waals surface area (Å²) >= 11 is 0. The third-order valence-corrected chi connectivity index (χ3v) is 6.70. The van der Waals surface area contributed by atoms with Gasteiger partial charge in [0, 0.05) is 38.3 Å². The fourth-order valence-corrected chi connectivity index (χ4v) is 4.64. The zero-order chi connectivity index (χ0) is 20.8. The SMILES string of the molecule is CC[C@@H](C)CNC(=O)[C@H](C1CCCC1)N1CCN(C(=O)c2cccc(C)c2)CC1. The number of piperazine rings is 1. The highest BCUT2D eigenvalue weighted by Gasteiger charge is 2.37. The van der Waals surface area contributed by atoms with Crippen molar-refractivity contribution in [1.29, 1.82) is 0 Å². The van der Waals surface area contributed by atoms with Crippen molar-refractivity contribution in [2.75, 3.05) is 32.7 Å². The van der Waals surface area contributed by atoms with Crippen molar-refractivity contribution < 1.29 is 9.59 Å². The van der Waals surface area contributed by atoms with Crippen LogP contribution in [0, 0.1) is 18.8 Å². The van der Waals surface area contributed by atoms with Gasteiger partial charge >= 0.3 is 0 Å². The van der Waals surface area contributed by atoms with E-state index in [0.29, 0.717) is 24.9 Å². The number of rotatable bonds is 7. The van der Waals surface area contributed by atoms with Gasteiger partial charge in [0.05, 0.1) is 6.04 Å². The Morgan fingerprint density at radius 1 is 1.14 bits per heavy atom. The third kappa shape index (κ3) is 5.59. The molecule has 1 aromatic carbocycles. The molecule has 1 N–H and O–H groups in total. The maximum atomic E-state index is 13.1. The van der Waals surface area contributed by atoms with Gasteiger partial charge in [-0.15, -0.1) is 0 Å². The molecule has 1 heterocycles. The Kier molecular flexibility index (Phi) is 7.70. The lowest BCUT2D eigenvalue weighted by Crippen LogP contribution is -2.58. The quantitative estimate of drug-likeness (QED) is 0.764. The van der Waals surface area contributed by atoms with Crippen LogP contribution in [0.2, 0.25) is 0 Å². The summed E-state index contributed by atoms with van der Waals surface area (Å²) in [7, 11) is 0. The Morgan fingerprint density at radius 2 is 1.83 bits per heavy atom. The molecule has 0 radical (unpaired) electrons. The molecule has 0 spiro atoms. The van der Waals surface area contributed by atoms with Crippen LogP contribution in [-0.2, 0) is 4.79 Å². The van der Waals surface area contributed by atoms with E-state index in [2.05, 4.69) is 24.1 Å². The molecule has 5 nitrogen and oxygen atoms in total. The first kappa shape index (κ1) is 21.8. The second-order valence-electron chi connectivity index (χ2n) is 8.95. The number of amides is 2. The standard InChI is InChI=1S/C24H37N3O2/c1-4-18(2)17-25-23(28)22(20-9-5-6-10-20)26-12-14-27(15-13-26)24(29)21-11-7-8-19(3)16-21/h7-8,11,16,18,20,22H,4-6,9-10,12-15,17H2,1-3H3,(H,25,28)/t18-,22+/m1/s1. The average Bonchev–Trinajstić information content (AvgIpc) is 3.26. The van der Waals surface area contributed by atoms with Crippen molar-refractivity contribution in [3.8, 4) is 0 Å². The molecule has 1 aromatic rings. The molecule has 1 saturated heterocycles. The van der Waals surface area contributed by atoms with Gasteiger partial charge in [-0.25, -0.2) is 0 Å². The van der Waals surface area contributed by atoms with E-state index in [0.717, 1.165) is 50.0 Å². The minimum absolute atomic E-state index is 0.0437. The van der Waals surface area contributed by atoms with Crippen molar-refractivity contribution in [2.45, 2.75) is 58.9 Å². The summed E-state index contributed by atoms with van der Waals surface area (Å²) in [6, 6.07) is 7.76. The highest BCUT2D eigenvalue weighted by Crippen LogP contribution is 2.31. The maximum Gasteiger partial charge on any atom is 0.253 e. The van der Waals surface area contributed by atoms with Crippen molar-refractivity contribution >= 4 is 11.8 Å². The van der Waals surface area contributed by atoms with Crippen LogP contribution in [0.3, 0.4) is 0 Å². The van der Waals surface area contributed by atoms with Gasteiger partial charge < -0.3 is 10.2 Å². The number of benzene rings is 1. The first-order chi connectivity index (χ1) is 14.0. The van der Waals surface area contributed by atoms with Crippen LogP contribution in [0.25, 0.3) is 0 Å². The summed E-state index contributed by atoms with van der Waals surface area (Å²) in [5.74, 6) is 1.25. The number of carbonyl (C=O) groups excluding carboxylic acids is 2. The van der Waals surface area contributed by atoms with Gasteiger partial charge in [-0.05, 0) is 43.7 Å². The van der Waals surface area contributed by atoms with Gasteiger partial charge in [0.15, 0.2) is 0 Å². The number of hydrogen-bond acceptors (Lipinski definition) is 3. The number of hydrogen-bond donors (Lipinski definition) is 1. The lowest BCUT2D eigenvalue weighted by molar-refractivity contribution is -0.129. The summed E-state index contributed by atoms with van der Waals surface area (Å²) in [5, 5.41) is 3.21. The predicted octanol–water partition coefficient (Wildman–Crippen LogP) is 3.47. The van der Waals surface area contributed by atoms with E-state index < -0.39 is 0 Å². The number of aryl methyl sites for hydroxylation is 1. The van der Waals surface area contributed by atoms with Crippen LogP contribution in [0.5, 0.6) is 0 Å². The molecule has 160 valence electrons. The van der Waals surface area contributed by atoms with Crippen LogP contribution in [0.4, 0.5) is 0 Å². The minimum Gasteiger partial charge on any atom is -0.354 e. The molecular formula is C24H37N3O2. The van der Waals surface area contributed by atoms with Crippen molar-refractivity contribution in [2.24, 2.45) is 11.8 Å². The number of nitrogens with zero attached hydrogens (tertiary/aromatic N) is 2. The molecule has 1 saturated carbocycles. The summed E-state index contributed by atoms with van der Waals surface area (Å²) in [4.78, 5) is 30.2. The van der Waals surface area contributed by atoms with Crippen LogP contribution in [0.1, 0.15) is 61.9 Å². The van der Waals surface area contributed by atoms with Gasteiger partial charge in [-0.1, -0.05) is 50.8 Å². The molecule has 0 unspecified atom stereocenters. The highest BCUT2D eigenvalue weighted by molar-refractivity contribution is 5.94. The summed E-state index contributed by atoms with van der Waals surface area (Å²) in [6.07, 6.45) is 5.82. The van der Waals surface area contributed by atoms with Gasteiger partial charge in [0.25, 0.3) is 5.91 Å². The summed E-state index contributed by atoms with van der Waals surface area (Å²) < 4.78 is 0. The topological polar surface area (TPSA) is 52.7 Å². The van der Waals surface area contributed by atoms with Crippen LogP contribution in [-0.4, -0.2) is 60.4 Å². The molecule has 1 aliphatic heterocycles. The normalized spacial score (nSPS) is 20.4. The molecule has 0 aromatic heterocycles. The van der Waals surface area contributed by atoms with Gasteiger partial charge in [-0.2, -0.15) is 0 Å². The zero-order valence-corrected chi connectivity index (χ0v) is 18.3. The maximum absolute atomic E-state index is 13.1. The summed E-state index contributed by atoms with van der Waals surface area (Å²) in [5.41, 5.74) is 1.87. The van der Waals surface area contributed by atoms with Gasteiger partial charge in [-0.3, -0.25) is 14.5 Å². The molecule has 29 heavy (non-hydrogen) atoms. The van der Waals surface area contributed by atoms with E-state index in [1.807, 2.05) is 36.1 Å². The lowest BCUT2D eigenvalue weighted by atomic mass is 9.94. The van der Waals surface area contributed by atoms with E-state index in [1.165, 1.54) is 12.8 Å².